The summed E-state index contributed by atoms with van der Waals surface area (Å²) in [5.41, 5.74) is 0.103. The highest BCUT2D eigenvalue weighted by Gasteiger charge is 2.17. The van der Waals surface area contributed by atoms with Crippen LogP contribution in [0.15, 0.2) is 12.3 Å². The van der Waals surface area contributed by atoms with Gasteiger partial charge in [-0.25, -0.2) is 4.98 Å². The zero-order valence-corrected chi connectivity index (χ0v) is 6.31. The largest absolute Gasteiger partial charge is 0.308 e. The van der Waals surface area contributed by atoms with Crippen LogP contribution in [0.3, 0.4) is 0 Å². The van der Waals surface area contributed by atoms with E-state index >= 15 is 0 Å². The lowest BCUT2D eigenvalue weighted by Crippen LogP contribution is -1.97. The molecule has 0 radical (unpaired) electrons. The fourth-order valence-electron chi connectivity index (χ4n) is 0.863. The molecule has 0 bridgehead atoms. The Hall–Kier alpha value is -1.96. The van der Waals surface area contributed by atoms with Crippen molar-refractivity contribution < 1.29 is 4.92 Å². The molecule has 0 saturated carbocycles. The Morgan fingerprint density at radius 3 is 2.83 bits per heavy atom. The van der Waals surface area contributed by atoms with Gasteiger partial charge in [-0.1, -0.05) is 0 Å². The van der Waals surface area contributed by atoms with Gasteiger partial charge in [0.1, 0.15) is 6.07 Å². The molecule has 0 N–H and O–H groups in total. The van der Waals surface area contributed by atoms with Gasteiger partial charge >= 0.3 is 5.69 Å². The zero-order chi connectivity index (χ0) is 9.14. The summed E-state index contributed by atoms with van der Waals surface area (Å²) in [5, 5.41) is 18.9. The first-order valence-electron chi connectivity index (χ1n) is 3.17. The minimum absolute atomic E-state index is 0.139. The third-order valence-electron chi connectivity index (χ3n) is 1.41. The Kier molecular flexibility index (Phi) is 2.01. The summed E-state index contributed by atoms with van der Waals surface area (Å²) in [4.78, 5) is 13.4. The lowest BCUT2D eigenvalue weighted by molar-refractivity contribution is -0.386. The summed E-state index contributed by atoms with van der Waals surface area (Å²) in [7, 11) is 0. The van der Waals surface area contributed by atoms with E-state index < -0.39 is 4.92 Å². The van der Waals surface area contributed by atoms with Gasteiger partial charge in [-0.05, 0) is 13.0 Å². The highest BCUT2D eigenvalue weighted by atomic mass is 16.6. The molecule has 0 atom stereocenters. The van der Waals surface area contributed by atoms with Crippen molar-refractivity contribution >= 4 is 5.69 Å². The Bertz CT molecular complexity index is 367. The number of nitro groups is 1. The van der Waals surface area contributed by atoms with E-state index in [1.165, 1.54) is 12.3 Å². The van der Waals surface area contributed by atoms with Gasteiger partial charge in [0.2, 0.25) is 5.69 Å². The second kappa shape index (κ2) is 2.96. The molecule has 1 rings (SSSR count). The van der Waals surface area contributed by atoms with Gasteiger partial charge in [-0.15, -0.1) is 0 Å². The van der Waals surface area contributed by atoms with Crippen molar-refractivity contribution in [2.45, 2.75) is 6.92 Å². The minimum atomic E-state index is -0.596. The van der Waals surface area contributed by atoms with Crippen LogP contribution in [-0.2, 0) is 0 Å². The van der Waals surface area contributed by atoms with Crippen LogP contribution in [0.2, 0.25) is 0 Å². The Labute approximate surface area is 68.4 Å². The number of aryl methyl sites for hydroxylation is 1. The third-order valence-corrected chi connectivity index (χ3v) is 1.41. The van der Waals surface area contributed by atoms with Crippen molar-refractivity contribution in [2.75, 3.05) is 0 Å². The van der Waals surface area contributed by atoms with Gasteiger partial charge in [0.25, 0.3) is 0 Å². The summed E-state index contributed by atoms with van der Waals surface area (Å²) in [5.74, 6) is 0. The average Bonchev–Trinajstić information content (AvgIpc) is 2.03. The first-order valence-corrected chi connectivity index (χ1v) is 3.17. The van der Waals surface area contributed by atoms with Crippen molar-refractivity contribution in [3.63, 3.8) is 0 Å². The van der Waals surface area contributed by atoms with E-state index in [1.807, 2.05) is 0 Å². The van der Waals surface area contributed by atoms with E-state index in [0.29, 0.717) is 5.56 Å². The summed E-state index contributed by atoms with van der Waals surface area (Å²) in [6.07, 6.45) is 1.38. The maximum atomic E-state index is 10.4. The van der Waals surface area contributed by atoms with Crippen molar-refractivity contribution in [3.8, 4) is 6.07 Å². The molecule has 0 amide bonds. The van der Waals surface area contributed by atoms with Gasteiger partial charge in [0, 0.05) is 11.8 Å². The van der Waals surface area contributed by atoms with E-state index in [2.05, 4.69) is 4.98 Å². The molecular weight excluding hydrogens is 158 g/mol. The summed E-state index contributed by atoms with van der Waals surface area (Å²) >= 11 is 0. The molecule has 0 spiro atoms. The van der Waals surface area contributed by atoms with Crippen molar-refractivity contribution in [3.05, 3.63) is 33.6 Å². The van der Waals surface area contributed by atoms with Crippen molar-refractivity contribution in [2.24, 2.45) is 0 Å². The molecule has 0 fully saturated rings. The normalized spacial score (nSPS) is 9.00. The van der Waals surface area contributed by atoms with Crippen molar-refractivity contribution in [1.82, 2.24) is 4.98 Å². The maximum absolute atomic E-state index is 10.4. The van der Waals surface area contributed by atoms with Crippen LogP contribution >= 0.6 is 0 Å². The predicted molar refractivity (Wildman–Crippen MR) is 40.3 cm³/mol. The fraction of sp³-hybridized carbons (Fsp3) is 0.143. The van der Waals surface area contributed by atoms with Crippen LogP contribution in [0.5, 0.6) is 0 Å². The summed E-state index contributed by atoms with van der Waals surface area (Å²) in [6, 6.07) is 3.16. The van der Waals surface area contributed by atoms with Crippen LogP contribution in [0.1, 0.15) is 11.3 Å². The molecule has 12 heavy (non-hydrogen) atoms. The number of hydrogen-bond donors (Lipinski definition) is 0. The minimum Gasteiger partial charge on any atom is -0.258 e. The lowest BCUT2D eigenvalue weighted by Gasteiger charge is -1.95. The molecule has 0 saturated heterocycles. The molecule has 0 aromatic carbocycles. The standard InChI is InChI=1S/C7H5N3O2/c1-5-2-3-9-6(4-8)7(5)10(11)12/h2-3H,1H3. The monoisotopic (exact) mass is 163 g/mol. The van der Waals surface area contributed by atoms with Crippen molar-refractivity contribution in [1.29, 1.82) is 5.26 Å². The number of pyridine rings is 1. The third kappa shape index (κ3) is 1.22. The van der Waals surface area contributed by atoms with Gasteiger partial charge in [-0.2, -0.15) is 5.26 Å². The van der Waals surface area contributed by atoms with Crippen LogP contribution < -0.4 is 0 Å². The summed E-state index contributed by atoms with van der Waals surface area (Å²) < 4.78 is 0. The smallest absolute Gasteiger partial charge is 0.258 e. The first kappa shape index (κ1) is 8.14. The first-order chi connectivity index (χ1) is 5.66. The molecule has 1 aromatic heterocycles. The molecular formula is C7H5N3O2. The predicted octanol–water partition coefficient (Wildman–Crippen LogP) is 1.17. The topological polar surface area (TPSA) is 79.8 Å². The summed E-state index contributed by atoms with van der Waals surface area (Å²) in [6.45, 7) is 1.57. The number of nitrogens with zero attached hydrogens (tertiary/aromatic N) is 3. The van der Waals surface area contributed by atoms with E-state index in [0.717, 1.165) is 0 Å². The second-order valence-electron chi connectivity index (χ2n) is 2.19. The van der Waals surface area contributed by atoms with Gasteiger partial charge in [-0.3, -0.25) is 10.1 Å². The molecule has 1 aromatic rings. The van der Waals surface area contributed by atoms with Crippen LogP contribution in [-0.4, -0.2) is 9.91 Å². The highest BCUT2D eigenvalue weighted by molar-refractivity contribution is 5.48. The van der Waals surface area contributed by atoms with Crippen LogP contribution in [0.25, 0.3) is 0 Å². The van der Waals surface area contributed by atoms with E-state index in [9.17, 15) is 10.1 Å². The quantitative estimate of drug-likeness (QED) is 0.459. The number of nitriles is 1. The fourth-order valence-corrected chi connectivity index (χ4v) is 0.863. The molecule has 0 aliphatic carbocycles. The Morgan fingerprint density at radius 1 is 1.75 bits per heavy atom. The molecule has 1 heterocycles. The van der Waals surface area contributed by atoms with Crippen LogP contribution in [0.4, 0.5) is 5.69 Å². The lowest BCUT2D eigenvalue weighted by atomic mass is 10.2. The molecule has 0 aliphatic heterocycles. The number of hydrogen-bond acceptors (Lipinski definition) is 4. The Morgan fingerprint density at radius 2 is 2.42 bits per heavy atom. The second-order valence-corrected chi connectivity index (χ2v) is 2.19. The molecule has 5 nitrogen and oxygen atoms in total. The zero-order valence-electron chi connectivity index (χ0n) is 6.31. The van der Waals surface area contributed by atoms with E-state index in [4.69, 9.17) is 5.26 Å². The molecule has 5 heteroatoms. The number of aromatic nitrogens is 1. The highest BCUT2D eigenvalue weighted by Crippen LogP contribution is 2.19. The number of rotatable bonds is 1. The maximum Gasteiger partial charge on any atom is 0.308 e. The molecule has 0 aliphatic rings. The molecule has 60 valence electrons. The van der Waals surface area contributed by atoms with Crippen LogP contribution in [0, 0.1) is 28.4 Å². The van der Waals surface area contributed by atoms with Gasteiger partial charge < -0.3 is 0 Å². The van der Waals surface area contributed by atoms with E-state index in [-0.39, 0.29) is 11.4 Å². The Balaban J connectivity index is 3.42. The van der Waals surface area contributed by atoms with Gasteiger partial charge in [0.15, 0.2) is 0 Å². The SMILES string of the molecule is Cc1ccnc(C#N)c1[N+](=O)[O-]. The van der Waals surface area contributed by atoms with E-state index in [1.54, 1.807) is 13.0 Å². The molecule has 0 unspecified atom stereocenters. The van der Waals surface area contributed by atoms with Gasteiger partial charge in [0.05, 0.1) is 4.92 Å². The average molecular weight is 163 g/mol.